The van der Waals surface area contributed by atoms with Crippen molar-refractivity contribution in [2.45, 2.75) is 30.8 Å². The van der Waals surface area contributed by atoms with E-state index in [1.807, 2.05) is 17.2 Å². The van der Waals surface area contributed by atoms with Crippen LogP contribution in [0.4, 0.5) is 0 Å². The number of amides is 3. The van der Waals surface area contributed by atoms with Crippen LogP contribution in [0.15, 0.2) is 24.0 Å². The Morgan fingerprint density at radius 2 is 2.17 bits per heavy atom. The molecule has 29 heavy (non-hydrogen) atoms. The van der Waals surface area contributed by atoms with E-state index in [9.17, 15) is 14.4 Å². The van der Waals surface area contributed by atoms with Crippen LogP contribution in [0.25, 0.3) is 0 Å². The smallest absolute Gasteiger partial charge is 0.249 e. The number of imidazole rings is 1. The summed E-state index contributed by atoms with van der Waals surface area (Å²) in [6, 6.07) is -0.196. The monoisotopic (exact) mass is 399 g/mol. The van der Waals surface area contributed by atoms with Crippen molar-refractivity contribution in [1.29, 1.82) is 0 Å². The zero-order chi connectivity index (χ0) is 20.2. The summed E-state index contributed by atoms with van der Waals surface area (Å²) < 4.78 is 7.41. The molecule has 2 atom stereocenters. The molecule has 0 aliphatic carbocycles. The molecule has 0 saturated carbocycles. The molecule has 1 N–H and O–H groups in total. The average Bonchev–Trinajstić information content (AvgIpc) is 3.37. The number of aromatic nitrogens is 2. The van der Waals surface area contributed by atoms with Gasteiger partial charge in [-0.15, -0.1) is 0 Å². The SMILES string of the molecule is CN1CC(C(=O)NC2CC3(CN(C(=O)C4=CCOCC4)C3)n3ccnc32)CC1=O. The van der Waals surface area contributed by atoms with E-state index in [0.717, 1.165) is 11.4 Å². The van der Waals surface area contributed by atoms with Gasteiger partial charge in [-0.05, 0) is 0 Å². The third-order valence-electron chi connectivity index (χ3n) is 6.60. The zero-order valence-corrected chi connectivity index (χ0v) is 16.5. The number of nitrogens with one attached hydrogen (secondary N) is 1. The number of fused-ring (bicyclic) bond motifs is 2. The Morgan fingerprint density at radius 3 is 2.86 bits per heavy atom. The molecule has 5 heterocycles. The van der Waals surface area contributed by atoms with Crippen LogP contribution in [-0.4, -0.2) is 77.0 Å². The second-order valence-corrected chi connectivity index (χ2v) is 8.54. The number of carbonyl (C=O) groups excluding carboxylic acids is 3. The number of hydrogen-bond donors (Lipinski definition) is 1. The van der Waals surface area contributed by atoms with Gasteiger partial charge in [-0.3, -0.25) is 14.4 Å². The van der Waals surface area contributed by atoms with Crippen LogP contribution in [0.5, 0.6) is 0 Å². The highest BCUT2D eigenvalue weighted by Crippen LogP contribution is 2.45. The third kappa shape index (κ3) is 2.95. The Kier molecular flexibility index (Phi) is 4.23. The summed E-state index contributed by atoms with van der Waals surface area (Å²) in [5, 5.41) is 3.10. The number of carbonyl (C=O) groups is 3. The van der Waals surface area contributed by atoms with Crippen molar-refractivity contribution in [3.8, 4) is 0 Å². The highest BCUT2D eigenvalue weighted by molar-refractivity contribution is 5.94. The molecule has 0 radical (unpaired) electrons. The van der Waals surface area contributed by atoms with Crippen molar-refractivity contribution in [2.24, 2.45) is 5.92 Å². The fraction of sp³-hybridized carbons (Fsp3) is 0.600. The highest BCUT2D eigenvalue weighted by Gasteiger charge is 2.54. The lowest BCUT2D eigenvalue weighted by Gasteiger charge is -2.49. The average molecular weight is 399 g/mol. The number of nitrogens with zero attached hydrogens (tertiary/aromatic N) is 4. The highest BCUT2D eigenvalue weighted by atomic mass is 16.5. The summed E-state index contributed by atoms with van der Waals surface area (Å²) in [6.07, 6.45) is 7.18. The van der Waals surface area contributed by atoms with E-state index < -0.39 is 0 Å². The maximum absolute atomic E-state index is 12.7. The molecule has 1 aromatic rings. The van der Waals surface area contributed by atoms with E-state index in [-0.39, 0.29) is 41.6 Å². The van der Waals surface area contributed by atoms with E-state index in [2.05, 4.69) is 14.9 Å². The fourth-order valence-corrected chi connectivity index (χ4v) is 5.00. The van der Waals surface area contributed by atoms with Gasteiger partial charge in [0.25, 0.3) is 0 Å². The van der Waals surface area contributed by atoms with Gasteiger partial charge in [0.1, 0.15) is 5.82 Å². The molecule has 4 aliphatic rings. The lowest BCUT2D eigenvalue weighted by molar-refractivity contribution is -0.138. The molecule has 0 aromatic carbocycles. The topological polar surface area (TPSA) is 96.8 Å². The van der Waals surface area contributed by atoms with Crippen molar-refractivity contribution >= 4 is 17.7 Å². The van der Waals surface area contributed by atoms with Crippen LogP contribution < -0.4 is 5.32 Å². The number of rotatable bonds is 3. The minimum atomic E-state index is -0.313. The normalized spacial score (nSPS) is 27.6. The van der Waals surface area contributed by atoms with Gasteiger partial charge >= 0.3 is 0 Å². The lowest BCUT2D eigenvalue weighted by atomic mass is 9.85. The summed E-state index contributed by atoms with van der Waals surface area (Å²) in [5.74, 6) is 0.505. The first-order valence-electron chi connectivity index (χ1n) is 10.1. The van der Waals surface area contributed by atoms with Crippen molar-refractivity contribution in [1.82, 2.24) is 24.7 Å². The van der Waals surface area contributed by atoms with Gasteiger partial charge in [-0.25, -0.2) is 4.98 Å². The second kappa shape index (κ2) is 6.69. The van der Waals surface area contributed by atoms with Gasteiger partial charge in [-0.2, -0.15) is 0 Å². The fourth-order valence-electron chi connectivity index (χ4n) is 5.00. The van der Waals surface area contributed by atoms with Crippen LogP contribution in [0.2, 0.25) is 0 Å². The minimum absolute atomic E-state index is 0.00473. The lowest BCUT2D eigenvalue weighted by Crippen LogP contribution is -2.63. The number of hydrogen-bond acceptors (Lipinski definition) is 5. The minimum Gasteiger partial charge on any atom is -0.377 e. The molecular formula is C20H25N5O4. The van der Waals surface area contributed by atoms with Crippen molar-refractivity contribution in [2.75, 3.05) is 39.9 Å². The molecule has 2 saturated heterocycles. The molecule has 9 nitrogen and oxygen atoms in total. The van der Waals surface area contributed by atoms with Gasteiger partial charge in [0.2, 0.25) is 17.7 Å². The van der Waals surface area contributed by atoms with Crippen LogP contribution in [-0.2, 0) is 24.7 Å². The Morgan fingerprint density at radius 1 is 1.34 bits per heavy atom. The molecule has 9 heteroatoms. The predicted octanol–water partition coefficient (Wildman–Crippen LogP) is -0.193. The van der Waals surface area contributed by atoms with Gasteiger partial charge in [0.15, 0.2) is 0 Å². The van der Waals surface area contributed by atoms with Gasteiger partial charge in [0, 0.05) is 63.9 Å². The Bertz CT molecular complexity index is 900. The zero-order valence-electron chi connectivity index (χ0n) is 16.5. The van der Waals surface area contributed by atoms with E-state index in [0.29, 0.717) is 45.7 Å². The molecule has 1 spiro atoms. The molecule has 5 rings (SSSR count). The summed E-state index contributed by atoms with van der Waals surface area (Å²) in [7, 11) is 1.72. The first-order valence-corrected chi connectivity index (χ1v) is 10.1. The summed E-state index contributed by atoms with van der Waals surface area (Å²) in [5.41, 5.74) is 0.614. The van der Waals surface area contributed by atoms with E-state index in [1.165, 1.54) is 0 Å². The standard InChI is InChI=1S/C20H25N5O4/c1-23-10-14(8-16(23)26)18(27)22-15-9-20(25-5-4-21-17(15)25)11-24(12-20)19(28)13-2-6-29-7-3-13/h2,4-5,14-15H,3,6-12H2,1H3,(H,22,27). The van der Waals surface area contributed by atoms with Crippen LogP contribution in [0.3, 0.4) is 0 Å². The van der Waals surface area contributed by atoms with Crippen molar-refractivity contribution < 1.29 is 19.1 Å². The van der Waals surface area contributed by atoms with Crippen LogP contribution in [0.1, 0.15) is 31.1 Å². The molecule has 1 aromatic heterocycles. The molecule has 2 unspecified atom stereocenters. The molecule has 3 amide bonds. The number of ether oxygens (including phenoxy) is 1. The largest absolute Gasteiger partial charge is 0.377 e. The van der Waals surface area contributed by atoms with Crippen molar-refractivity contribution in [3.63, 3.8) is 0 Å². The van der Waals surface area contributed by atoms with E-state index >= 15 is 0 Å². The predicted molar refractivity (Wildman–Crippen MR) is 102 cm³/mol. The summed E-state index contributed by atoms with van der Waals surface area (Å²) in [6.45, 7) is 2.78. The maximum Gasteiger partial charge on any atom is 0.249 e. The first kappa shape index (κ1) is 18.4. The first-order chi connectivity index (χ1) is 14.0. The molecule has 0 bridgehead atoms. The summed E-state index contributed by atoms with van der Waals surface area (Å²) in [4.78, 5) is 45.1. The second-order valence-electron chi connectivity index (χ2n) is 8.54. The molecule has 2 fully saturated rings. The van der Waals surface area contributed by atoms with Gasteiger partial charge in [0.05, 0.1) is 30.7 Å². The van der Waals surface area contributed by atoms with E-state index in [1.54, 1.807) is 18.1 Å². The number of likely N-dealkylation sites (tertiary alicyclic amines) is 2. The van der Waals surface area contributed by atoms with E-state index in [4.69, 9.17) is 4.74 Å². The molecule has 4 aliphatic heterocycles. The van der Waals surface area contributed by atoms with Crippen molar-refractivity contribution in [3.05, 3.63) is 29.9 Å². The molecular weight excluding hydrogens is 374 g/mol. The third-order valence-corrected chi connectivity index (χ3v) is 6.60. The van der Waals surface area contributed by atoms with Crippen LogP contribution in [0, 0.1) is 5.92 Å². The van der Waals surface area contributed by atoms with Gasteiger partial charge in [-0.1, -0.05) is 6.08 Å². The van der Waals surface area contributed by atoms with Gasteiger partial charge < -0.3 is 24.4 Å². The Labute approximate surface area is 168 Å². The summed E-state index contributed by atoms with van der Waals surface area (Å²) >= 11 is 0. The molecule has 154 valence electrons. The maximum atomic E-state index is 12.7. The Balaban J connectivity index is 1.26. The van der Waals surface area contributed by atoms with Crippen LogP contribution >= 0.6 is 0 Å². The quantitative estimate of drug-likeness (QED) is 0.760. The Hall–Kier alpha value is -2.68.